The molecule has 0 saturated carbocycles. The number of rotatable bonds is 7. The van der Waals surface area contributed by atoms with E-state index in [9.17, 15) is 0 Å². The van der Waals surface area contributed by atoms with Crippen LogP contribution in [0.4, 0.5) is 17.1 Å². The van der Waals surface area contributed by atoms with Crippen LogP contribution in [0.25, 0.3) is 87.3 Å². The molecule has 0 radical (unpaired) electrons. The van der Waals surface area contributed by atoms with Gasteiger partial charge in [0.25, 0.3) is 0 Å². The Morgan fingerprint density at radius 1 is 0.394 bits per heavy atom. The maximum absolute atomic E-state index is 7.14. The molecule has 0 N–H and O–H groups in total. The molecule has 2 heterocycles. The van der Waals surface area contributed by atoms with E-state index in [2.05, 4.69) is 237 Å². The van der Waals surface area contributed by atoms with Crippen molar-refractivity contribution < 1.29 is 9.15 Å². The van der Waals surface area contributed by atoms with Gasteiger partial charge >= 0.3 is 0 Å². The van der Waals surface area contributed by atoms with Crippen LogP contribution >= 0.6 is 0 Å². The summed E-state index contributed by atoms with van der Waals surface area (Å²) >= 11 is 0. The Bertz CT molecular complexity index is 4240. The summed E-state index contributed by atoms with van der Waals surface area (Å²) in [5.74, 6) is 1.66. The van der Waals surface area contributed by atoms with Crippen LogP contribution in [-0.2, 0) is 0 Å². The summed E-state index contributed by atoms with van der Waals surface area (Å²) in [5.41, 5.74) is 15.5. The molecule has 0 bridgehead atoms. The van der Waals surface area contributed by atoms with Crippen molar-refractivity contribution >= 4 is 105 Å². The molecular formula is C67H48BNO2. The largest absolute Gasteiger partial charge is 0.456 e. The molecule has 12 aromatic carbocycles. The van der Waals surface area contributed by atoms with Crippen molar-refractivity contribution in [3.63, 3.8) is 0 Å². The average molecular weight is 910 g/mol. The van der Waals surface area contributed by atoms with E-state index in [4.69, 9.17) is 9.15 Å². The van der Waals surface area contributed by atoms with E-state index < -0.39 is 0 Å². The zero-order valence-corrected chi connectivity index (χ0v) is 38.8. The highest BCUT2D eigenvalue weighted by Gasteiger charge is 2.30. The minimum absolute atomic E-state index is 0. The molecule has 13 aromatic rings. The molecule has 14 rings (SSSR count). The van der Waals surface area contributed by atoms with Crippen molar-refractivity contribution in [2.24, 2.45) is 0 Å². The lowest BCUT2D eigenvalue weighted by Crippen LogP contribution is -2.52. The predicted octanol–water partition coefficient (Wildman–Crippen LogP) is 16.9. The lowest BCUT2D eigenvalue weighted by molar-refractivity contribution is 0.487. The molecule has 0 unspecified atom stereocenters. The predicted molar refractivity (Wildman–Crippen MR) is 303 cm³/mol. The molecule has 0 atom stereocenters. The third-order valence-corrected chi connectivity index (χ3v) is 14.6. The summed E-state index contributed by atoms with van der Waals surface area (Å²) in [6.45, 7) is 4.42. The molecule has 4 heteroatoms. The van der Waals surface area contributed by atoms with Gasteiger partial charge in [-0.3, -0.25) is 0 Å². The molecule has 1 aliphatic heterocycles. The fourth-order valence-electron chi connectivity index (χ4n) is 11.7. The molecule has 1 aliphatic rings. The summed E-state index contributed by atoms with van der Waals surface area (Å²) in [5, 5.41) is 11.9. The zero-order valence-electron chi connectivity index (χ0n) is 38.8. The van der Waals surface area contributed by atoms with Crippen LogP contribution in [0.5, 0.6) is 11.5 Å². The second-order valence-electron chi connectivity index (χ2n) is 18.9. The number of furan rings is 1. The van der Waals surface area contributed by atoms with Gasteiger partial charge in [-0.05, 0) is 105 Å². The standard InChI is InChI=1S/C66H44BNO2.CH4/c1-41-35-42(2)37-45(36-41)67(58-28-14-20-43-19-6-7-21-47(43)58)59-40-56-53-26-16-32-63-65(53)57(39-55(56)49-23-8-9-24-50(49)59)52-34-33-46(38-64(52)69-63)68(60-29-12-10-22-48(60)44-17-4-3-5-18-44)61-30-15-27-54-51-25-11-13-31-62(51)70-66(54)61;/h3-40H,1-2H3;1H4. The Kier molecular flexibility index (Phi) is 9.93. The number of fused-ring (bicyclic) bond motifs is 10. The molecule has 0 fully saturated rings. The number of aryl methyl sites for hydroxylation is 2. The normalized spacial score (nSPS) is 11.8. The molecule has 0 spiro atoms. The van der Waals surface area contributed by atoms with Crippen molar-refractivity contribution in [2.75, 3.05) is 4.90 Å². The van der Waals surface area contributed by atoms with Gasteiger partial charge in [-0.1, -0.05) is 217 Å². The van der Waals surface area contributed by atoms with Gasteiger partial charge in [-0.15, -0.1) is 0 Å². The molecule has 1 aromatic heterocycles. The summed E-state index contributed by atoms with van der Waals surface area (Å²) in [7, 11) is 0. The first kappa shape index (κ1) is 42.3. The molecular weight excluding hydrogens is 862 g/mol. The summed E-state index contributed by atoms with van der Waals surface area (Å²) in [6, 6.07) is 83.9. The molecule has 71 heavy (non-hydrogen) atoms. The molecule has 336 valence electrons. The average Bonchev–Trinajstić information content (AvgIpc) is 3.79. The number of para-hydroxylation sites is 3. The first-order chi connectivity index (χ1) is 34.5. The summed E-state index contributed by atoms with van der Waals surface area (Å²) < 4.78 is 13.9. The first-order valence-corrected chi connectivity index (χ1v) is 24.2. The Labute approximate surface area is 413 Å². The highest BCUT2D eigenvalue weighted by Crippen LogP contribution is 2.52. The van der Waals surface area contributed by atoms with Crippen LogP contribution < -0.4 is 26.0 Å². The number of anilines is 3. The van der Waals surface area contributed by atoms with Crippen molar-refractivity contribution in [3.8, 4) is 33.8 Å². The van der Waals surface area contributed by atoms with E-state index in [1.165, 1.54) is 70.8 Å². The van der Waals surface area contributed by atoms with Crippen molar-refractivity contribution in [3.05, 3.63) is 242 Å². The van der Waals surface area contributed by atoms with Gasteiger partial charge in [0.1, 0.15) is 17.1 Å². The molecule has 0 amide bonds. The van der Waals surface area contributed by atoms with Gasteiger partial charge in [-0.25, -0.2) is 0 Å². The Hall–Kier alpha value is -8.86. The van der Waals surface area contributed by atoms with Crippen molar-refractivity contribution in [1.82, 2.24) is 0 Å². The van der Waals surface area contributed by atoms with Crippen LogP contribution in [0.2, 0.25) is 0 Å². The highest BCUT2D eigenvalue weighted by atomic mass is 16.5. The maximum atomic E-state index is 7.14. The Morgan fingerprint density at radius 3 is 1.90 bits per heavy atom. The molecule has 3 nitrogen and oxygen atoms in total. The van der Waals surface area contributed by atoms with Gasteiger partial charge in [0.2, 0.25) is 6.71 Å². The van der Waals surface area contributed by atoms with Crippen molar-refractivity contribution in [1.29, 1.82) is 0 Å². The first-order valence-electron chi connectivity index (χ1n) is 24.2. The third kappa shape index (κ3) is 6.74. The summed E-state index contributed by atoms with van der Waals surface area (Å²) in [4.78, 5) is 2.34. The number of ether oxygens (including phenoxy) is 1. The highest BCUT2D eigenvalue weighted by molar-refractivity contribution is 6.98. The van der Waals surface area contributed by atoms with E-state index in [0.29, 0.717) is 0 Å². The van der Waals surface area contributed by atoms with E-state index in [1.54, 1.807) is 0 Å². The number of nitrogens with zero attached hydrogens (tertiary/aromatic N) is 1. The van der Waals surface area contributed by atoms with Crippen LogP contribution in [0, 0.1) is 13.8 Å². The van der Waals surface area contributed by atoms with Crippen LogP contribution in [0.3, 0.4) is 0 Å². The van der Waals surface area contributed by atoms with Crippen LogP contribution in [-0.4, -0.2) is 6.71 Å². The fraction of sp³-hybridized carbons (Fsp3) is 0.0448. The Morgan fingerprint density at radius 2 is 1.04 bits per heavy atom. The van der Waals surface area contributed by atoms with Crippen LogP contribution in [0.15, 0.2) is 235 Å². The van der Waals surface area contributed by atoms with E-state index >= 15 is 0 Å². The molecule has 0 aliphatic carbocycles. The zero-order chi connectivity index (χ0) is 46.5. The smallest absolute Gasteiger partial charge is 0.242 e. The van der Waals surface area contributed by atoms with E-state index in [0.717, 1.165) is 72.6 Å². The van der Waals surface area contributed by atoms with Gasteiger partial charge in [0.15, 0.2) is 5.58 Å². The lowest BCUT2D eigenvalue weighted by atomic mass is 9.35. The Balaban J connectivity index is 0.00000492. The van der Waals surface area contributed by atoms with E-state index in [1.807, 2.05) is 12.1 Å². The monoisotopic (exact) mass is 909 g/mol. The SMILES string of the molecule is C.Cc1cc(C)cc(B(c2cccc3ccccc23)c2cc3c4cccc5c4c(cc3c3ccccc23)-c2ccc(N(c3ccccc3-c3ccccc3)c3cccc4c3oc3ccccc34)cc2O5)c1. The topological polar surface area (TPSA) is 25.6 Å². The molecule has 0 saturated heterocycles. The minimum Gasteiger partial charge on any atom is -0.456 e. The fourth-order valence-corrected chi connectivity index (χ4v) is 11.7. The van der Waals surface area contributed by atoms with Crippen molar-refractivity contribution in [2.45, 2.75) is 21.3 Å². The van der Waals surface area contributed by atoms with E-state index in [-0.39, 0.29) is 14.1 Å². The van der Waals surface area contributed by atoms with Gasteiger partial charge in [0.05, 0.1) is 17.1 Å². The second-order valence-corrected chi connectivity index (χ2v) is 18.9. The van der Waals surface area contributed by atoms with Gasteiger partial charge in [0, 0.05) is 33.4 Å². The second kappa shape index (κ2) is 16.7. The minimum atomic E-state index is -0.0133. The lowest BCUT2D eigenvalue weighted by Gasteiger charge is -2.30. The van der Waals surface area contributed by atoms with Crippen LogP contribution in [0.1, 0.15) is 18.6 Å². The van der Waals surface area contributed by atoms with Gasteiger partial charge in [-0.2, -0.15) is 0 Å². The third-order valence-electron chi connectivity index (χ3n) is 14.6. The number of hydrogen-bond acceptors (Lipinski definition) is 3. The number of benzene rings is 12. The summed E-state index contributed by atoms with van der Waals surface area (Å²) in [6.07, 6.45) is 0. The van der Waals surface area contributed by atoms with Gasteiger partial charge < -0.3 is 14.1 Å². The number of hydrogen-bond donors (Lipinski definition) is 0. The quantitative estimate of drug-likeness (QED) is 0.118. The maximum Gasteiger partial charge on any atom is 0.242 e.